The van der Waals surface area contributed by atoms with Gasteiger partial charge >= 0.3 is 0 Å². The minimum absolute atomic E-state index is 0.433. The molecule has 33 heavy (non-hydrogen) atoms. The van der Waals surface area contributed by atoms with Crippen LogP contribution in [0.1, 0.15) is 35.8 Å². The Hall–Kier alpha value is -3.44. The number of rotatable bonds is 8. The number of nitrogens with zero attached hydrogens (tertiary/aromatic N) is 3. The first-order valence-corrected chi connectivity index (χ1v) is 11.6. The number of benzene rings is 3. The van der Waals surface area contributed by atoms with Crippen molar-refractivity contribution in [1.82, 2.24) is 9.55 Å². The van der Waals surface area contributed by atoms with Crippen molar-refractivity contribution in [1.29, 1.82) is 0 Å². The predicted molar refractivity (Wildman–Crippen MR) is 133 cm³/mol. The molecule has 4 aromatic rings. The molecular formula is C28H29N3O2. The zero-order chi connectivity index (χ0) is 22.5. The molecule has 3 aromatic carbocycles. The van der Waals surface area contributed by atoms with Crippen LogP contribution in [-0.4, -0.2) is 29.5 Å². The van der Waals surface area contributed by atoms with Crippen molar-refractivity contribution >= 4 is 23.4 Å². The smallest absolute Gasteiger partial charge is 0.145 e. The molecule has 0 amide bonds. The van der Waals surface area contributed by atoms with Gasteiger partial charge in [-0.3, -0.25) is 4.99 Å². The van der Waals surface area contributed by atoms with Gasteiger partial charge in [0.05, 0.1) is 11.0 Å². The van der Waals surface area contributed by atoms with Crippen molar-refractivity contribution in [3.8, 4) is 5.75 Å². The van der Waals surface area contributed by atoms with Gasteiger partial charge in [0.15, 0.2) is 0 Å². The molecule has 1 saturated heterocycles. The number of ether oxygens (including phenoxy) is 2. The molecule has 5 nitrogen and oxygen atoms in total. The number of para-hydroxylation sites is 2. The number of hydrogen-bond acceptors (Lipinski definition) is 4. The Morgan fingerprint density at radius 2 is 1.73 bits per heavy atom. The maximum Gasteiger partial charge on any atom is 0.145 e. The van der Waals surface area contributed by atoms with Gasteiger partial charge in [-0.15, -0.1) is 0 Å². The van der Waals surface area contributed by atoms with Crippen molar-refractivity contribution < 1.29 is 9.47 Å². The lowest BCUT2D eigenvalue weighted by molar-refractivity contribution is 0.0699. The van der Waals surface area contributed by atoms with E-state index in [-0.39, 0.29) is 0 Å². The van der Waals surface area contributed by atoms with E-state index in [1.165, 1.54) is 11.1 Å². The molecule has 0 spiro atoms. The third-order valence-electron chi connectivity index (χ3n) is 6.29. The summed E-state index contributed by atoms with van der Waals surface area (Å²) in [5.74, 6) is 1.89. The number of aryl methyl sites for hydroxylation is 2. The van der Waals surface area contributed by atoms with Crippen LogP contribution < -0.4 is 4.74 Å². The fraction of sp³-hybridized carbons (Fsp3) is 0.286. The average Bonchev–Trinajstić information content (AvgIpc) is 3.25. The van der Waals surface area contributed by atoms with E-state index < -0.39 is 0 Å². The summed E-state index contributed by atoms with van der Waals surface area (Å²) in [7, 11) is 0. The number of aromatic nitrogens is 2. The second kappa shape index (κ2) is 10.0. The number of aliphatic imine (C=N–C) groups is 1. The van der Waals surface area contributed by atoms with Crippen LogP contribution in [0.25, 0.3) is 11.0 Å². The quantitative estimate of drug-likeness (QED) is 0.312. The van der Waals surface area contributed by atoms with Gasteiger partial charge in [-0.2, -0.15) is 0 Å². The van der Waals surface area contributed by atoms with Crippen LogP contribution in [-0.2, 0) is 24.2 Å². The Balaban J connectivity index is 1.42. The Kier molecular flexibility index (Phi) is 6.49. The average molecular weight is 440 g/mol. The van der Waals surface area contributed by atoms with Crippen LogP contribution in [0.5, 0.6) is 5.75 Å². The molecule has 168 valence electrons. The van der Waals surface area contributed by atoms with E-state index in [1.54, 1.807) is 0 Å². The van der Waals surface area contributed by atoms with Crippen LogP contribution in [0.15, 0.2) is 77.8 Å². The summed E-state index contributed by atoms with van der Waals surface area (Å²) < 4.78 is 14.1. The molecule has 0 radical (unpaired) electrons. The summed E-state index contributed by atoms with van der Waals surface area (Å²) in [6, 6.07) is 25.3. The normalized spacial score (nSPS) is 14.4. The third kappa shape index (κ3) is 4.83. The lowest BCUT2D eigenvalue weighted by Gasteiger charge is -2.26. The van der Waals surface area contributed by atoms with Crippen molar-refractivity contribution in [3.05, 3.63) is 89.7 Å². The van der Waals surface area contributed by atoms with E-state index in [9.17, 15) is 0 Å². The van der Waals surface area contributed by atoms with E-state index >= 15 is 0 Å². The number of hydrogen-bond donors (Lipinski definition) is 0. The summed E-state index contributed by atoms with van der Waals surface area (Å²) in [5.41, 5.74) is 5.41. The molecule has 0 aliphatic carbocycles. The standard InChI is InChI=1S/C28H29N3O2/c1-29-24-9-5-6-10-27(24)33-20-22-11-13-26-25(19-22)30-28(14-12-21-7-3-2-4-8-21)31(26)23-15-17-32-18-16-23/h2-11,13,19,23H,1,12,14-18,20H2. The number of imidazole rings is 1. The molecule has 5 heteroatoms. The molecule has 0 saturated carbocycles. The summed E-state index contributed by atoms with van der Waals surface area (Å²) in [6.45, 7) is 5.72. The highest BCUT2D eigenvalue weighted by molar-refractivity contribution is 5.77. The van der Waals surface area contributed by atoms with Crippen LogP contribution in [0.4, 0.5) is 5.69 Å². The Bertz CT molecular complexity index is 1230. The third-order valence-corrected chi connectivity index (χ3v) is 6.29. The van der Waals surface area contributed by atoms with E-state index in [4.69, 9.17) is 14.5 Å². The lowest BCUT2D eigenvalue weighted by Crippen LogP contribution is -2.21. The second-order valence-electron chi connectivity index (χ2n) is 8.46. The zero-order valence-corrected chi connectivity index (χ0v) is 18.8. The van der Waals surface area contributed by atoms with Gasteiger partial charge in [-0.05, 0) is 61.4 Å². The number of fused-ring (bicyclic) bond motifs is 1. The van der Waals surface area contributed by atoms with Crippen molar-refractivity contribution in [2.45, 2.75) is 38.3 Å². The summed E-state index contributed by atoms with van der Waals surface area (Å²) >= 11 is 0. The fourth-order valence-electron chi connectivity index (χ4n) is 4.58. The molecule has 1 aliphatic heterocycles. The Morgan fingerprint density at radius 1 is 0.939 bits per heavy atom. The van der Waals surface area contributed by atoms with E-state index in [0.717, 1.165) is 67.2 Å². The maximum atomic E-state index is 6.04. The van der Waals surface area contributed by atoms with Crippen molar-refractivity contribution in [2.24, 2.45) is 4.99 Å². The van der Waals surface area contributed by atoms with Crippen LogP contribution >= 0.6 is 0 Å². The van der Waals surface area contributed by atoms with Crippen LogP contribution in [0, 0.1) is 0 Å². The summed E-state index contributed by atoms with van der Waals surface area (Å²) in [6.07, 6.45) is 3.95. The summed E-state index contributed by atoms with van der Waals surface area (Å²) in [4.78, 5) is 9.13. The molecule has 0 bridgehead atoms. The fourth-order valence-corrected chi connectivity index (χ4v) is 4.58. The molecule has 2 heterocycles. The monoisotopic (exact) mass is 439 g/mol. The van der Waals surface area contributed by atoms with Crippen molar-refractivity contribution in [2.75, 3.05) is 13.2 Å². The van der Waals surface area contributed by atoms with E-state index in [1.807, 2.05) is 24.3 Å². The van der Waals surface area contributed by atoms with Crippen LogP contribution in [0.2, 0.25) is 0 Å². The molecule has 0 N–H and O–H groups in total. The molecule has 1 aliphatic rings. The Labute approximate surface area is 194 Å². The predicted octanol–water partition coefficient (Wildman–Crippen LogP) is 6.08. The minimum atomic E-state index is 0.433. The van der Waals surface area contributed by atoms with Crippen molar-refractivity contribution in [3.63, 3.8) is 0 Å². The molecular weight excluding hydrogens is 410 g/mol. The Morgan fingerprint density at radius 3 is 2.55 bits per heavy atom. The molecule has 1 fully saturated rings. The van der Waals surface area contributed by atoms with Gasteiger partial charge in [0, 0.05) is 25.7 Å². The molecule has 5 rings (SSSR count). The highest BCUT2D eigenvalue weighted by atomic mass is 16.5. The van der Waals surface area contributed by atoms with Gasteiger partial charge in [-0.1, -0.05) is 48.5 Å². The first-order valence-electron chi connectivity index (χ1n) is 11.6. The van der Waals surface area contributed by atoms with Gasteiger partial charge in [-0.25, -0.2) is 4.98 Å². The first-order chi connectivity index (χ1) is 16.3. The van der Waals surface area contributed by atoms with E-state index in [0.29, 0.717) is 12.6 Å². The van der Waals surface area contributed by atoms with Crippen LogP contribution in [0.3, 0.4) is 0 Å². The highest BCUT2D eigenvalue weighted by Gasteiger charge is 2.22. The zero-order valence-electron chi connectivity index (χ0n) is 18.8. The minimum Gasteiger partial charge on any atom is -0.487 e. The molecule has 0 atom stereocenters. The van der Waals surface area contributed by atoms with Gasteiger partial charge in [0.25, 0.3) is 0 Å². The van der Waals surface area contributed by atoms with Gasteiger partial charge in [0.2, 0.25) is 0 Å². The molecule has 0 unspecified atom stereocenters. The largest absolute Gasteiger partial charge is 0.487 e. The van der Waals surface area contributed by atoms with E-state index in [2.05, 4.69) is 64.8 Å². The highest BCUT2D eigenvalue weighted by Crippen LogP contribution is 2.30. The molecule has 1 aromatic heterocycles. The SMILES string of the molecule is C=Nc1ccccc1OCc1ccc2c(c1)nc(CCc1ccccc1)n2C1CCOCC1. The van der Waals surface area contributed by atoms with Gasteiger partial charge < -0.3 is 14.0 Å². The van der Waals surface area contributed by atoms with Gasteiger partial charge in [0.1, 0.15) is 23.9 Å². The maximum absolute atomic E-state index is 6.04. The summed E-state index contributed by atoms with van der Waals surface area (Å²) in [5, 5.41) is 0. The first kappa shape index (κ1) is 21.4. The topological polar surface area (TPSA) is 48.6 Å². The second-order valence-corrected chi connectivity index (χ2v) is 8.46. The lowest BCUT2D eigenvalue weighted by atomic mass is 10.1.